The topological polar surface area (TPSA) is 29.5 Å². The summed E-state index contributed by atoms with van der Waals surface area (Å²) in [5.74, 6) is -1.00. The first kappa shape index (κ1) is 19.1. The van der Waals surface area contributed by atoms with E-state index in [0.717, 1.165) is 11.1 Å². The monoisotopic (exact) mass is 471 g/mol. The number of halogens is 3. The highest BCUT2D eigenvalue weighted by Crippen LogP contribution is 2.44. The first-order valence-electron chi connectivity index (χ1n) is 8.23. The molecule has 1 unspecified atom stereocenters. The van der Waals surface area contributed by atoms with Gasteiger partial charge in [0.25, 0.3) is 5.91 Å². The highest BCUT2D eigenvalue weighted by molar-refractivity contribution is 14.1. The zero-order valence-corrected chi connectivity index (χ0v) is 17.7. The second-order valence-corrected chi connectivity index (χ2v) is 8.93. The summed E-state index contributed by atoms with van der Waals surface area (Å²) in [5.41, 5.74) is 3.76. The summed E-state index contributed by atoms with van der Waals surface area (Å²) in [6.45, 7) is 8.85. The number of rotatable bonds is 1. The maximum atomic E-state index is 15.0. The van der Waals surface area contributed by atoms with Crippen molar-refractivity contribution in [1.29, 1.82) is 0 Å². The van der Waals surface area contributed by atoms with Crippen molar-refractivity contribution in [3.05, 3.63) is 46.0 Å². The molecule has 0 spiro atoms. The molecule has 0 saturated heterocycles. The third kappa shape index (κ3) is 2.69. The second-order valence-electron chi connectivity index (χ2n) is 6.87. The van der Waals surface area contributed by atoms with Gasteiger partial charge in [0.2, 0.25) is 3.61 Å². The molecule has 1 aliphatic heterocycles. The number of likely N-dealkylation sites (N-methyl/N-ethyl adjacent to an activating group) is 1. The van der Waals surface area contributed by atoms with Crippen LogP contribution in [0.1, 0.15) is 29.2 Å². The van der Waals surface area contributed by atoms with Gasteiger partial charge in [-0.3, -0.25) is 4.79 Å². The number of hydrogen-bond acceptors (Lipinski definition) is 2. The number of anilines is 1. The van der Waals surface area contributed by atoms with E-state index in [-0.39, 0.29) is 22.8 Å². The minimum Gasteiger partial charge on any atom is -0.465 e. The molecule has 2 aromatic carbocycles. The maximum absolute atomic E-state index is 15.0. The van der Waals surface area contributed by atoms with Crippen molar-refractivity contribution in [3.8, 4) is 16.9 Å². The van der Waals surface area contributed by atoms with E-state index >= 15 is 4.39 Å². The Morgan fingerprint density at radius 3 is 2.23 bits per heavy atom. The van der Waals surface area contributed by atoms with E-state index in [9.17, 15) is 9.18 Å². The van der Waals surface area contributed by atoms with Crippen LogP contribution < -0.4 is 9.64 Å². The number of carbonyl (C=O) groups is 1. The molecule has 0 N–H and O–H groups in total. The number of fused-ring (bicyclic) bond motifs is 1. The van der Waals surface area contributed by atoms with E-state index in [0.29, 0.717) is 16.8 Å². The third-order valence-electron chi connectivity index (χ3n) is 5.28. The summed E-state index contributed by atoms with van der Waals surface area (Å²) in [4.78, 5) is 13.9. The Balaban J connectivity index is 2.30. The largest absolute Gasteiger partial charge is 0.465 e. The van der Waals surface area contributed by atoms with Crippen LogP contribution in [-0.2, 0) is 4.79 Å². The molecule has 6 heteroatoms. The van der Waals surface area contributed by atoms with Gasteiger partial charge in [-0.15, -0.1) is 0 Å². The molecular weight excluding hydrogens is 451 g/mol. The lowest BCUT2D eigenvalue weighted by atomic mass is 9.89. The normalized spacial score (nSPS) is 19.4. The fraction of sp³-hybridized carbons (Fsp3) is 0.350. The predicted octanol–water partition coefficient (Wildman–Crippen LogP) is 5.37. The van der Waals surface area contributed by atoms with Crippen LogP contribution in [0.25, 0.3) is 11.1 Å². The Hall–Kier alpha value is -1.70. The molecule has 26 heavy (non-hydrogen) atoms. The zero-order chi connectivity index (χ0) is 19.5. The Kier molecular flexibility index (Phi) is 4.53. The SMILES string of the molecule is Cc1c(C)c(C)c(-c2cc3c(cc2F)OC(C)(I)C(=O)N3C)c(F)c1C. The molecular formula is C20H20F2INO2. The van der Waals surface area contributed by atoms with Crippen LogP contribution in [-0.4, -0.2) is 16.6 Å². The number of benzene rings is 2. The summed E-state index contributed by atoms with van der Waals surface area (Å²) < 4.78 is 34.5. The van der Waals surface area contributed by atoms with E-state index in [4.69, 9.17) is 4.74 Å². The van der Waals surface area contributed by atoms with Crippen molar-refractivity contribution in [1.82, 2.24) is 0 Å². The van der Waals surface area contributed by atoms with Gasteiger partial charge in [-0.25, -0.2) is 8.78 Å². The fourth-order valence-corrected chi connectivity index (χ4v) is 3.92. The van der Waals surface area contributed by atoms with Crippen LogP contribution in [0.2, 0.25) is 0 Å². The Labute approximate surface area is 165 Å². The molecule has 3 nitrogen and oxygen atoms in total. The predicted molar refractivity (Wildman–Crippen MR) is 107 cm³/mol. The van der Waals surface area contributed by atoms with Crippen molar-refractivity contribution in [2.75, 3.05) is 11.9 Å². The molecule has 1 heterocycles. The van der Waals surface area contributed by atoms with Gasteiger partial charge in [-0.05, 0) is 85.5 Å². The number of ether oxygens (including phenoxy) is 1. The second kappa shape index (κ2) is 6.18. The molecule has 1 amide bonds. The molecule has 0 bridgehead atoms. The fourth-order valence-electron chi connectivity index (χ4n) is 3.33. The van der Waals surface area contributed by atoms with Crippen molar-refractivity contribution in [2.24, 2.45) is 0 Å². The average molecular weight is 471 g/mol. The van der Waals surface area contributed by atoms with Crippen molar-refractivity contribution < 1.29 is 18.3 Å². The van der Waals surface area contributed by atoms with Gasteiger partial charge in [0.1, 0.15) is 17.4 Å². The van der Waals surface area contributed by atoms with Crippen molar-refractivity contribution in [2.45, 2.75) is 38.2 Å². The first-order chi connectivity index (χ1) is 12.0. The third-order valence-corrected chi connectivity index (χ3v) is 5.96. The van der Waals surface area contributed by atoms with E-state index in [1.165, 1.54) is 17.0 Å². The zero-order valence-electron chi connectivity index (χ0n) is 15.6. The minimum absolute atomic E-state index is 0.130. The summed E-state index contributed by atoms with van der Waals surface area (Å²) in [5, 5.41) is 0. The first-order valence-corrected chi connectivity index (χ1v) is 9.31. The maximum Gasteiger partial charge on any atom is 0.281 e. The van der Waals surface area contributed by atoms with E-state index in [2.05, 4.69) is 0 Å². The highest BCUT2D eigenvalue weighted by Gasteiger charge is 2.41. The number of carbonyl (C=O) groups excluding carboxylic acids is 1. The van der Waals surface area contributed by atoms with Gasteiger partial charge in [0.15, 0.2) is 0 Å². The van der Waals surface area contributed by atoms with Gasteiger partial charge in [-0.1, -0.05) is 0 Å². The molecule has 0 saturated carbocycles. The number of nitrogens with zero attached hydrogens (tertiary/aromatic N) is 1. The summed E-state index contributed by atoms with van der Waals surface area (Å²) >= 11 is 1.89. The van der Waals surface area contributed by atoms with Gasteiger partial charge < -0.3 is 9.64 Å². The van der Waals surface area contributed by atoms with Crippen molar-refractivity contribution in [3.63, 3.8) is 0 Å². The van der Waals surface area contributed by atoms with Crippen LogP contribution in [0.5, 0.6) is 5.75 Å². The summed E-state index contributed by atoms with van der Waals surface area (Å²) in [7, 11) is 1.61. The summed E-state index contributed by atoms with van der Waals surface area (Å²) in [6.07, 6.45) is 0. The molecule has 138 valence electrons. The van der Waals surface area contributed by atoms with Crippen LogP contribution in [0.3, 0.4) is 0 Å². The quantitative estimate of drug-likeness (QED) is 0.414. The Morgan fingerprint density at radius 1 is 1.04 bits per heavy atom. The lowest BCUT2D eigenvalue weighted by molar-refractivity contribution is -0.126. The van der Waals surface area contributed by atoms with Crippen LogP contribution in [0.15, 0.2) is 12.1 Å². The van der Waals surface area contributed by atoms with Gasteiger partial charge in [-0.2, -0.15) is 0 Å². The molecule has 1 aliphatic rings. The molecule has 0 radical (unpaired) electrons. The standard InChI is InChI=1S/C20H20F2INO2/c1-9-10(2)12(4)18(22)17(11(9)3)13-7-15-16(8-14(13)21)26-20(5,23)19(25)24(15)6/h7-8H,1-6H3. The van der Waals surface area contributed by atoms with Gasteiger partial charge >= 0.3 is 0 Å². The smallest absolute Gasteiger partial charge is 0.281 e. The Morgan fingerprint density at radius 2 is 1.62 bits per heavy atom. The van der Waals surface area contributed by atoms with Crippen molar-refractivity contribution >= 4 is 34.2 Å². The van der Waals surface area contributed by atoms with Gasteiger partial charge in [0.05, 0.1) is 5.69 Å². The number of amides is 1. The van der Waals surface area contributed by atoms with E-state index in [1.54, 1.807) is 27.8 Å². The van der Waals surface area contributed by atoms with Crippen LogP contribution in [0, 0.1) is 39.3 Å². The van der Waals surface area contributed by atoms with E-state index in [1.807, 2.05) is 36.4 Å². The van der Waals surface area contributed by atoms with Crippen LogP contribution >= 0.6 is 22.6 Å². The molecule has 0 aliphatic carbocycles. The lowest BCUT2D eigenvalue weighted by Gasteiger charge is -2.36. The molecule has 1 atom stereocenters. The summed E-state index contributed by atoms with van der Waals surface area (Å²) in [6, 6.07) is 2.72. The number of hydrogen-bond donors (Lipinski definition) is 0. The molecule has 2 aromatic rings. The molecule has 0 fully saturated rings. The average Bonchev–Trinajstić information content (AvgIpc) is 2.57. The van der Waals surface area contributed by atoms with Crippen LogP contribution in [0.4, 0.5) is 14.5 Å². The highest BCUT2D eigenvalue weighted by atomic mass is 127. The van der Waals surface area contributed by atoms with E-state index < -0.39 is 15.2 Å². The minimum atomic E-state index is -1.11. The van der Waals surface area contributed by atoms with Gasteiger partial charge in [0, 0.05) is 24.2 Å². The Bertz CT molecular complexity index is 925. The molecule has 3 rings (SSSR count). The lowest BCUT2D eigenvalue weighted by Crippen LogP contribution is -2.48. The number of alkyl halides is 1. The molecule has 0 aromatic heterocycles.